The summed E-state index contributed by atoms with van der Waals surface area (Å²) in [7, 11) is 2.19. The minimum atomic E-state index is 0.535. The monoisotopic (exact) mass is 221 g/mol. The zero-order valence-corrected chi connectivity index (χ0v) is 9.82. The minimum absolute atomic E-state index is 0.535. The van der Waals surface area contributed by atoms with Crippen LogP contribution in [0.3, 0.4) is 0 Å². The lowest BCUT2D eigenvalue weighted by Crippen LogP contribution is -2.35. The van der Waals surface area contributed by atoms with Gasteiger partial charge in [-0.3, -0.25) is 0 Å². The Morgan fingerprint density at radius 1 is 1.44 bits per heavy atom. The molecule has 1 atom stereocenters. The van der Waals surface area contributed by atoms with Crippen LogP contribution in [0.25, 0.3) is 0 Å². The Hall–Kier alpha value is -0.940. The van der Waals surface area contributed by atoms with Crippen LogP contribution >= 0.6 is 0 Å². The van der Waals surface area contributed by atoms with Crippen LogP contribution < -0.4 is 5.32 Å². The third-order valence-electron chi connectivity index (χ3n) is 3.65. The first-order chi connectivity index (χ1) is 7.84. The maximum atomic E-state index is 4.36. The first-order valence-corrected chi connectivity index (χ1v) is 6.17. The molecular weight excluding hydrogens is 202 g/mol. The number of rotatable bonds is 1. The highest BCUT2D eigenvalue weighted by Gasteiger charge is 2.25. The first kappa shape index (κ1) is 10.2. The molecule has 3 heterocycles. The van der Waals surface area contributed by atoms with Crippen LogP contribution in [0.5, 0.6) is 0 Å². The largest absolute Gasteiger partial charge is 0.311 e. The molecule has 5 nitrogen and oxygen atoms in total. The molecule has 0 spiro atoms. The van der Waals surface area contributed by atoms with Crippen LogP contribution in [0, 0.1) is 0 Å². The Labute approximate surface area is 95.8 Å². The van der Waals surface area contributed by atoms with Crippen LogP contribution in [-0.2, 0) is 13.0 Å². The summed E-state index contributed by atoms with van der Waals surface area (Å²) in [6, 6.07) is 0.535. The Balaban J connectivity index is 1.85. The lowest BCUT2D eigenvalue weighted by Gasteiger charge is -2.30. The summed E-state index contributed by atoms with van der Waals surface area (Å²) in [6.07, 6.45) is 3.59. The molecule has 1 aromatic heterocycles. The molecule has 0 aromatic carbocycles. The van der Waals surface area contributed by atoms with Gasteiger partial charge in [0.05, 0.1) is 17.4 Å². The zero-order valence-electron chi connectivity index (χ0n) is 9.82. The fourth-order valence-electron chi connectivity index (χ4n) is 2.79. The van der Waals surface area contributed by atoms with Crippen molar-refractivity contribution >= 4 is 0 Å². The molecule has 2 aliphatic rings. The summed E-state index contributed by atoms with van der Waals surface area (Å²) in [5.74, 6) is 0. The number of nitrogens with one attached hydrogen (secondary N) is 1. The second-order valence-electron chi connectivity index (χ2n) is 4.91. The van der Waals surface area contributed by atoms with Crippen LogP contribution in [-0.4, -0.2) is 46.6 Å². The van der Waals surface area contributed by atoms with Crippen LogP contribution in [0.1, 0.15) is 30.3 Å². The highest BCUT2D eigenvalue weighted by molar-refractivity contribution is 5.14. The Kier molecular flexibility index (Phi) is 2.65. The molecule has 0 aliphatic carbocycles. The maximum Gasteiger partial charge on any atom is 0.0997 e. The molecule has 0 radical (unpaired) electrons. The summed E-state index contributed by atoms with van der Waals surface area (Å²) >= 11 is 0. The lowest BCUT2D eigenvalue weighted by atomic mass is 10.1. The van der Waals surface area contributed by atoms with E-state index in [1.807, 2.05) is 0 Å². The van der Waals surface area contributed by atoms with E-state index in [0.29, 0.717) is 6.04 Å². The van der Waals surface area contributed by atoms with E-state index >= 15 is 0 Å². The van der Waals surface area contributed by atoms with Gasteiger partial charge >= 0.3 is 0 Å². The Bertz CT molecular complexity index is 372. The second kappa shape index (κ2) is 4.14. The average Bonchev–Trinajstić information content (AvgIpc) is 2.72. The smallest absolute Gasteiger partial charge is 0.0997 e. The lowest BCUT2D eigenvalue weighted by molar-refractivity contribution is 0.198. The highest BCUT2D eigenvalue weighted by Crippen LogP contribution is 2.23. The SMILES string of the molecule is CN1CCCC(n2nnc3c2CCNC3)C1. The molecular formula is C11H19N5. The van der Waals surface area contributed by atoms with Gasteiger partial charge in [0.25, 0.3) is 0 Å². The van der Waals surface area contributed by atoms with Gasteiger partial charge in [-0.25, -0.2) is 4.68 Å². The molecule has 2 aliphatic heterocycles. The summed E-state index contributed by atoms with van der Waals surface area (Å²) < 4.78 is 2.19. The highest BCUT2D eigenvalue weighted by atomic mass is 15.5. The molecule has 0 saturated carbocycles. The van der Waals surface area contributed by atoms with Crippen molar-refractivity contribution in [2.75, 3.05) is 26.7 Å². The molecule has 0 amide bonds. The molecule has 1 N–H and O–H groups in total. The van der Waals surface area contributed by atoms with Gasteiger partial charge in [0, 0.05) is 26.1 Å². The maximum absolute atomic E-state index is 4.36. The first-order valence-electron chi connectivity index (χ1n) is 6.17. The predicted molar refractivity (Wildman–Crippen MR) is 61.2 cm³/mol. The topological polar surface area (TPSA) is 46.0 Å². The predicted octanol–water partition coefficient (Wildman–Crippen LogP) is 0.190. The van der Waals surface area contributed by atoms with Gasteiger partial charge < -0.3 is 10.2 Å². The molecule has 1 fully saturated rings. The number of likely N-dealkylation sites (tertiary alicyclic amines) is 1. The van der Waals surface area contributed by atoms with Gasteiger partial charge in [0.1, 0.15) is 0 Å². The summed E-state index contributed by atoms with van der Waals surface area (Å²) in [6.45, 7) is 4.28. The van der Waals surface area contributed by atoms with Gasteiger partial charge in [-0.05, 0) is 26.4 Å². The number of fused-ring (bicyclic) bond motifs is 1. The quantitative estimate of drug-likeness (QED) is 0.735. The van der Waals surface area contributed by atoms with Crippen molar-refractivity contribution < 1.29 is 0 Å². The average molecular weight is 221 g/mol. The number of piperidine rings is 1. The van der Waals surface area contributed by atoms with Gasteiger partial charge in [-0.1, -0.05) is 5.21 Å². The van der Waals surface area contributed by atoms with Crippen molar-refractivity contribution in [1.29, 1.82) is 0 Å². The van der Waals surface area contributed by atoms with Gasteiger partial charge in [-0.15, -0.1) is 5.10 Å². The van der Waals surface area contributed by atoms with Crippen molar-refractivity contribution in [3.63, 3.8) is 0 Å². The van der Waals surface area contributed by atoms with E-state index < -0.39 is 0 Å². The summed E-state index contributed by atoms with van der Waals surface area (Å²) in [4.78, 5) is 2.39. The van der Waals surface area contributed by atoms with E-state index in [4.69, 9.17) is 0 Å². The van der Waals surface area contributed by atoms with E-state index in [0.717, 1.165) is 31.7 Å². The minimum Gasteiger partial charge on any atom is -0.311 e. The number of nitrogens with zero attached hydrogens (tertiary/aromatic N) is 4. The number of hydrogen-bond donors (Lipinski definition) is 1. The molecule has 3 rings (SSSR count). The van der Waals surface area contributed by atoms with Crippen molar-refractivity contribution in [2.45, 2.75) is 31.8 Å². The fourth-order valence-corrected chi connectivity index (χ4v) is 2.79. The van der Waals surface area contributed by atoms with Gasteiger partial charge in [-0.2, -0.15) is 0 Å². The molecule has 1 unspecified atom stereocenters. The molecule has 5 heteroatoms. The van der Waals surface area contributed by atoms with E-state index in [-0.39, 0.29) is 0 Å². The summed E-state index contributed by atoms with van der Waals surface area (Å²) in [5.41, 5.74) is 2.51. The van der Waals surface area contributed by atoms with Crippen LogP contribution in [0.4, 0.5) is 0 Å². The van der Waals surface area contributed by atoms with E-state index in [9.17, 15) is 0 Å². The number of likely N-dealkylation sites (N-methyl/N-ethyl adjacent to an activating group) is 1. The van der Waals surface area contributed by atoms with Crippen molar-refractivity contribution in [3.05, 3.63) is 11.4 Å². The van der Waals surface area contributed by atoms with Gasteiger partial charge in [0.2, 0.25) is 0 Å². The third-order valence-corrected chi connectivity index (χ3v) is 3.65. The van der Waals surface area contributed by atoms with E-state index in [2.05, 4.69) is 32.3 Å². The van der Waals surface area contributed by atoms with Crippen LogP contribution in [0.15, 0.2) is 0 Å². The molecule has 0 bridgehead atoms. The number of hydrogen-bond acceptors (Lipinski definition) is 4. The molecule has 88 valence electrons. The Morgan fingerprint density at radius 3 is 3.25 bits per heavy atom. The van der Waals surface area contributed by atoms with E-state index in [1.165, 1.54) is 25.1 Å². The Morgan fingerprint density at radius 2 is 2.38 bits per heavy atom. The van der Waals surface area contributed by atoms with E-state index in [1.54, 1.807) is 0 Å². The number of aromatic nitrogens is 3. The van der Waals surface area contributed by atoms with Crippen molar-refractivity contribution in [3.8, 4) is 0 Å². The normalized spacial score (nSPS) is 26.7. The molecule has 1 aromatic rings. The standard InChI is InChI=1S/C11H19N5/c1-15-6-2-3-9(8-15)16-11-4-5-12-7-10(11)13-14-16/h9,12H,2-8H2,1H3. The van der Waals surface area contributed by atoms with Crippen molar-refractivity contribution in [1.82, 2.24) is 25.2 Å². The van der Waals surface area contributed by atoms with Crippen molar-refractivity contribution in [2.24, 2.45) is 0 Å². The third kappa shape index (κ3) is 1.74. The zero-order chi connectivity index (χ0) is 11.0. The molecule has 1 saturated heterocycles. The summed E-state index contributed by atoms with van der Waals surface area (Å²) in [5, 5.41) is 12.0. The van der Waals surface area contributed by atoms with Crippen LogP contribution in [0.2, 0.25) is 0 Å². The second-order valence-corrected chi connectivity index (χ2v) is 4.91. The molecule has 16 heavy (non-hydrogen) atoms. The fraction of sp³-hybridized carbons (Fsp3) is 0.818. The van der Waals surface area contributed by atoms with Gasteiger partial charge in [0.15, 0.2) is 0 Å².